The molecule has 0 radical (unpaired) electrons. The summed E-state index contributed by atoms with van der Waals surface area (Å²) in [5.41, 5.74) is 33.0. The molecule has 0 saturated carbocycles. The van der Waals surface area contributed by atoms with Gasteiger partial charge in [0.15, 0.2) is 5.82 Å². The number of hydrogen-bond acceptors (Lipinski definition) is 4. The van der Waals surface area contributed by atoms with Gasteiger partial charge in [0.2, 0.25) is 0 Å². The van der Waals surface area contributed by atoms with Crippen LogP contribution in [0.4, 0.5) is 34.1 Å². The van der Waals surface area contributed by atoms with Crippen LogP contribution >= 0.6 is 0 Å². The lowest BCUT2D eigenvalue weighted by Gasteiger charge is -2.45. The normalized spacial score (nSPS) is 12.8. The topological polar surface area (TPSA) is 32.3 Å². The Kier molecular flexibility index (Phi) is 16.6. The zero-order valence-electron chi connectivity index (χ0n) is 61.3. The summed E-state index contributed by atoms with van der Waals surface area (Å²) in [5, 5.41) is 0. The zero-order valence-corrected chi connectivity index (χ0v) is 61.3. The molecule has 4 nitrogen and oxygen atoms in total. The van der Waals surface area contributed by atoms with Crippen LogP contribution < -0.4 is 26.2 Å². The summed E-state index contributed by atoms with van der Waals surface area (Å²) in [7, 11) is 0. The molecule has 0 atom stereocenters. The SMILES string of the molecule is CC(C)(C)c1cc(-c2cc(-c3cc4c5c(c3)N(c3cc(-c6ccccc6)cc(-c6ccccc6)c3)c3ccc(-c6ccccc6)cc3B5c3cc(-c5ccccc5)ccc3N4c3cc(-c4ccccc4)cc(-c4ccccc4)c3)nc(-c3cc(C(C)(C)C)cc(C(C)(C)C)c3)n2)cc(C(C)(C)C)c1. The molecule has 0 amide bonds. The van der Waals surface area contributed by atoms with Crippen LogP contribution in [0.25, 0.3) is 101 Å². The summed E-state index contributed by atoms with van der Waals surface area (Å²) < 4.78 is 0. The van der Waals surface area contributed by atoms with Gasteiger partial charge in [-0.2, -0.15) is 0 Å². The van der Waals surface area contributed by atoms with Crippen molar-refractivity contribution in [2.24, 2.45) is 0 Å². The second-order valence-electron chi connectivity index (χ2n) is 32.4. The molecule has 103 heavy (non-hydrogen) atoms. The molecule has 0 unspecified atom stereocenters. The van der Waals surface area contributed by atoms with E-state index < -0.39 is 0 Å². The quantitative estimate of drug-likeness (QED) is 0.121. The van der Waals surface area contributed by atoms with E-state index in [1.807, 2.05) is 0 Å². The van der Waals surface area contributed by atoms with Gasteiger partial charge >= 0.3 is 0 Å². The zero-order chi connectivity index (χ0) is 71.1. The molecule has 13 aromatic carbocycles. The van der Waals surface area contributed by atoms with E-state index in [1.54, 1.807) is 0 Å². The fraction of sp³-hybridized carbons (Fsp3) is 0.163. The third kappa shape index (κ3) is 12.9. The number of aromatic nitrogens is 2. The average molecular weight is 1330 g/mol. The van der Waals surface area contributed by atoms with Crippen molar-refractivity contribution in [3.63, 3.8) is 0 Å². The van der Waals surface area contributed by atoms with Crippen molar-refractivity contribution < 1.29 is 0 Å². The fourth-order valence-electron chi connectivity index (χ4n) is 15.1. The van der Waals surface area contributed by atoms with Gasteiger partial charge in [-0.1, -0.05) is 301 Å². The highest BCUT2D eigenvalue weighted by atomic mass is 15.2. The van der Waals surface area contributed by atoms with Crippen molar-refractivity contribution in [1.29, 1.82) is 0 Å². The molecule has 0 N–H and O–H groups in total. The minimum atomic E-state index is -0.246. The molecule has 2 aliphatic rings. The summed E-state index contributed by atoms with van der Waals surface area (Å²) in [4.78, 5) is 17.0. The fourth-order valence-corrected chi connectivity index (χ4v) is 15.1. The first-order valence-corrected chi connectivity index (χ1v) is 36.5. The Morgan fingerprint density at radius 1 is 0.223 bits per heavy atom. The van der Waals surface area contributed by atoms with Crippen molar-refractivity contribution in [3.8, 4) is 101 Å². The van der Waals surface area contributed by atoms with E-state index in [1.165, 1.54) is 49.8 Å². The van der Waals surface area contributed by atoms with E-state index in [0.717, 1.165) is 118 Å². The summed E-state index contributed by atoms with van der Waals surface area (Å²) in [6, 6.07) is 116. The molecular formula is C98H87BN4. The molecule has 0 saturated heterocycles. The van der Waals surface area contributed by atoms with Gasteiger partial charge in [-0.15, -0.1) is 0 Å². The Morgan fingerprint density at radius 2 is 0.505 bits per heavy atom. The molecule has 0 aliphatic carbocycles. The van der Waals surface area contributed by atoms with Gasteiger partial charge in [-0.25, -0.2) is 9.97 Å². The van der Waals surface area contributed by atoms with Crippen LogP contribution in [0.1, 0.15) is 105 Å². The van der Waals surface area contributed by atoms with Crippen LogP contribution in [0.3, 0.4) is 0 Å². The standard InChI is InChI=1S/C98H87BN4/c1-95(2,3)79-49-76(50-80(61-79)96(4,5)6)87-63-88(101-94(100-87)78-51-81(97(7,8)9)62-82(52-78)98(10,11)12)77-59-91-93-92(60-77)103(84-55-74(68-39-27-17-28-40-68)48-75(56-84)69-41-29-18-30-42-69)90-46-44-71(65-33-21-14-22-34-65)58-86(90)99(93)85-57-70(64-31-19-13-20-32-64)43-45-89(85)102(91)83-53-72(66-35-23-15-24-36-66)47-73(54-83)67-37-25-16-26-38-67/h13-63H,1-12H3. The van der Waals surface area contributed by atoms with Gasteiger partial charge in [0.05, 0.1) is 11.4 Å². The molecule has 0 spiro atoms. The maximum absolute atomic E-state index is 5.99. The van der Waals surface area contributed by atoms with E-state index in [4.69, 9.17) is 9.97 Å². The minimum absolute atomic E-state index is 0.144. The van der Waals surface area contributed by atoms with Gasteiger partial charge in [-0.3, -0.25) is 0 Å². The Morgan fingerprint density at radius 3 is 0.806 bits per heavy atom. The first-order chi connectivity index (χ1) is 49.5. The Hall–Kier alpha value is -11.4. The van der Waals surface area contributed by atoms with Crippen molar-refractivity contribution in [3.05, 3.63) is 332 Å². The van der Waals surface area contributed by atoms with Crippen LogP contribution in [0, 0.1) is 0 Å². The number of nitrogens with zero attached hydrogens (tertiary/aromatic N) is 4. The minimum Gasteiger partial charge on any atom is -0.311 e. The number of anilines is 6. The molecule has 0 bridgehead atoms. The smallest absolute Gasteiger partial charge is 0.252 e. The molecule has 3 heterocycles. The third-order valence-corrected chi connectivity index (χ3v) is 21.0. The predicted molar refractivity (Wildman–Crippen MR) is 440 cm³/mol. The predicted octanol–water partition coefficient (Wildman–Crippen LogP) is 24.8. The van der Waals surface area contributed by atoms with Crippen LogP contribution in [-0.4, -0.2) is 16.7 Å². The highest BCUT2D eigenvalue weighted by Gasteiger charge is 2.45. The van der Waals surface area contributed by atoms with Crippen molar-refractivity contribution in [2.45, 2.75) is 105 Å². The van der Waals surface area contributed by atoms with Gasteiger partial charge in [0.25, 0.3) is 6.71 Å². The van der Waals surface area contributed by atoms with E-state index in [-0.39, 0.29) is 28.4 Å². The molecule has 16 rings (SSSR count). The van der Waals surface area contributed by atoms with E-state index in [9.17, 15) is 0 Å². The maximum Gasteiger partial charge on any atom is 0.252 e. The van der Waals surface area contributed by atoms with Crippen molar-refractivity contribution in [1.82, 2.24) is 9.97 Å². The Bertz CT molecular complexity index is 5010. The second-order valence-corrected chi connectivity index (χ2v) is 32.4. The van der Waals surface area contributed by atoms with Gasteiger partial charge in [0.1, 0.15) is 0 Å². The lowest BCUT2D eigenvalue weighted by Crippen LogP contribution is -2.61. The molecule has 0 fully saturated rings. The van der Waals surface area contributed by atoms with E-state index in [0.29, 0.717) is 5.82 Å². The summed E-state index contributed by atoms with van der Waals surface area (Å²) in [6.07, 6.45) is 0. The van der Waals surface area contributed by atoms with E-state index >= 15 is 0 Å². The Balaban J connectivity index is 1.07. The highest BCUT2D eigenvalue weighted by Crippen LogP contribution is 2.50. The first kappa shape index (κ1) is 66.2. The summed E-state index contributed by atoms with van der Waals surface area (Å²) in [6.45, 7) is 27.6. The molecule has 1 aromatic heterocycles. The molecule has 502 valence electrons. The van der Waals surface area contributed by atoms with Gasteiger partial charge in [0, 0.05) is 50.8 Å². The van der Waals surface area contributed by atoms with E-state index in [2.05, 4.69) is 402 Å². The number of benzene rings is 13. The summed E-state index contributed by atoms with van der Waals surface area (Å²) >= 11 is 0. The largest absolute Gasteiger partial charge is 0.311 e. The number of rotatable bonds is 11. The molecule has 14 aromatic rings. The van der Waals surface area contributed by atoms with Crippen LogP contribution in [-0.2, 0) is 21.7 Å². The van der Waals surface area contributed by atoms with Crippen LogP contribution in [0.5, 0.6) is 0 Å². The van der Waals surface area contributed by atoms with Gasteiger partial charge < -0.3 is 9.80 Å². The summed E-state index contributed by atoms with van der Waals surface area (Å²) in [5.74, 6) is 0.684. The molecular weight excluding hydrogens is 1240 g/mol. The number of fused-ring (bicyclic) bond motifs is 4. The average Bonchev–Trinajstić information content (AvgIpc) is 0.692. The van der Waals surface area contributed by atoms with Gasteiger partial charge in [-0.05, 0) is 218 Å². The lowest BCUT2D eigenvalue weighted by molar-refractivity contribution is 0.568. The number of hydrogen-bond donors (Lipinski definition) is 0. The highest BCUT2D eigenvalue weighted by molar-refractivity contribution is 7.00. The van der Waals surface area contributed by atoms with Crippen molar-refractivity contribution >= 4 is 57.2 Å². The second kappa shape index (κ2) is 25.9. The first-order valence-electron chi connectivity index (χ1n) is 36.5. The third-order valence-electron chi connectivity index (χ3n) is 21.0. The molecule has 2 aliphatic heterocycles. The van der Waals surface area contributed by atoms with Crippen LogP contribution in [0.15, 0.2) is 309 Å². The van der Waals surface area contributed by atoms with Crippen molar-refractivity contribution in [2.75, 3.05) is 9.80 Å². The monoisotopic (exact) mass is 1330 g/mol. The molecule has 5 heteroatoms. The maximum atomic E-state index is 5.99. The van der Waals surface area contributed by atoms with Crippen LogP contribution in [0.2, 0.25) is 0 Å². The lowest BCUT2D eigenvalue weighted by atomic mass is 9.33. The Labute approximate surface area is 610 Å².